The van der Waals surface area contributed by atoms with Crippen LogP contribution in [0.2, 0.25) is 0 Å². The van der Waals surface area contributed by atoms with E-state index >= 15 is 0 Å². The van der Waals surface area contributed by atoms with Crippen molar-refractivity contribution >= 4 is 35.3 Å². The predicted molar refractivity (Wildman–Crippen MR) is 107 cm³/mol. The molecule has 4 rings (SSSR count). The predicted octanol–water partition coefficient (Wildman–Crippen LogP) is 3.33. The van der Waals surface area contributed by atoms with Gasteiger partial charge in [0, 0.05) is 17.0 Å². The molecule has 4 nitrogen and oxygen atoms in total. The summed E-state index contributed by atoms with van der Waals surface area (Å²) in [6.07, 6.45) is -0.0607. The molecule has 0 aromatic heterocycles. The Kier molecular flexibility index (Phi) is 4.51. The van der Waals surface area contributed by atoms with E-state index in [1.165, 1.54) is 4.90 Å². The summed E-state index contributed by atoms with van der Waals surface area (Å²) in [4.78, 5) is 27.1. The fraction of sp³-hybridized carbons (Fsp3) is 0.0909. The van der Waals surface area contributed by atoms with Crippen LogP contribution in [0.15, 0.2) is 91.0 Å². The Balaban J connectivity index is 1.84. The normalized spacial score (nSPS) is 17.3. The van der Waals surface area contributed by atoms with Crippen molar-refractivity contribution in [2.45, 2.75) is 12.1 Å². The van der Waals surface area contributed by atoms with Gasteiger partial charge in [0.2, 0.25) is 11.8 Å². The van der Waals surface area contributed by atoms with Gasteiger partial charge in [0.15, 0.2) is 7.14 Å². The maximum Gasteiger partial charge on any atom is 0.245 e. The lowest BCUT2D eigenvalue weighted by atomic mass is 10.3. The number of imide groups is 1. The summed E-state index contributed by atoms with van der Waals surface area (Å²) >= 11 is 0. The van der Waals surface area contributed by atoms with Crippen molar-refractivity contribution in [3.63, 3.8) is 0 Å². The third-order valence-corrected chi connectivity index (χ3v) is 8.27. The zero-order valence-corrected chi connectivity index (χ0v) is 15.5. The van der Waals surface area contributed by atoms with Gasteiger partial charge in [-0.25, -0.2) is 4.90 Å². The molecule has 2 amide bonds. The molecule has 134 valence electrons. The van der Waals surface area contributed by atoms with Crippen LogP contribution in [0.1, 0.15) is 6.42 Å². The van der Waals surface area contributed by atoms with E-state index in [1.54, 1.807) is 72.8 Å². The lowest BCUT2D eigenvalue weighted by Crippen LogP contribution is -2.35. The van der Waals surface area contributed by atoms with Gasteiger partial charge < -0.3 is 4.57 Å². The molecule has 0 spiro atoms. The van der Waals surface area contributed by atoms with E-state index in [-0.39, 0.29) is 12.3 Å². The maximum absolute atomic E-state index is 14.4. The Labute approximate surface area is 157 Å². The summed E-state index contributed by atoms with van der Waals surface area (Å²) in [5.74, 6) is -0.717. The molecule has 0 aliphatic carbocycles. The molecule has 1 unspecified atom stereocenters. The zero-order chi connectivity index (χ0) is 18.9. The van der Waals surface area contributed by atoms with Gasteiger partial charge in [-0.05, 0) is 12.1 Å². The summed E-state index contributed by atoms with van der Waals surface area (Å²) < 4.78 is 14.4. The highest BCUT2D eigenvalue weighted by Gasteiger charge is 2.50. The molecule has 0 N–H and O–H groups in total. The number of amides is 2. The molecular formula is C22H18NO3P. The summed E-state index contributed by atoms with van der Waals surface area (Å²) in [7, 11) is -3.34. The number of hydrogen-bond donors (Lipinski definition) is 0. The van der Waals surface area contributed by atoms with Crippen molar-refractivity contribution in [1.29, 1.82) is 0 Å². The van der Waals surface area contributed by atoms with Crippen molar-refractivity contribution in [2.24, 2.45) is 0 Å². The lowest BCUT2D eigenvalue weighted by molar-refractivity contribution is -0.121. The van der Waals surface area contributed by atoms with Crippen LogP contribution < -0.4 is 15.5 Å². The molecular weight excluding hydrogens is 357 g/mol. The SMILES string of the molecule is O=C1CC(P(=O)(c2ccccc2)c2ccccc2)C(=O)N1c1ccccc1. The number of carbonyl (C=O) groups excluding carboxylic acids is 2. The Hall–Kier alpha value is -2.97. The van der Waals surface area contributed by atoms with Crippen molar-refractivity contribution in [1.82, 2.24) is 0 Å². The molecule has 0 bridgehead atoms. The lowest BCUT2D eigenvalue weighted by Gasteiger charge is -2.24. The third kappa shape index (κ3) is 2.92. The molecule has 1 atom stereocenters. The first-order valence-electron chi connectivity index (χ1n) is 8.75. The van der Waals surface area contributed by atoms with Gasteiger partial charge in [-0.1, -0.05) is 78.9 Å². The molecule has 1 saturated heterocycles. The number of benzene rings is 3. The number of nitrogens with zero attached hydrogens (tertiary/aromatic N) is 1. The van der Waals surface area contributed by atoms with Crippen LogP contribution in [0.4, 0.5) is 5.69 Å². The summed E-state index contributed by atoms with van der Waals surface area (Å²) in [5.41, 5.74) is -0.377. The quantitative estimate of drug-likeness (QED) is 0.519. The van der Waals surface area contributed by atoms with E-state index in [9.17, 15) is 14.2 Å². The molecule has 3 aromatic rings. The molecule has 1 aliphatic heterocycles. The van der Waals surface area contributed by atoms with Crippen LogP contribution in [0.3, 0.4) is 0 Å². The molecule has 3 aromatic carbocycles. The van der Waals surface area contributed by atoms with Gasteiger partial charge in [-0.2, -0.15) is 0 Å². The van der Waals surface area contributed by atoms with Gasteiger partial charge in [-0.15, -0.1) is 0 Å². The van der Waals surface area contributed by atoms with Crippen molar-refractivity contribution < 1.29 is 14.2 Å². The average Bonchev–Trinajstić information content (AvgIpc) is 3.04. The highest BCUT2D eigenvalue weighted by molar-refractivity contribution is 7.80. The Bertz CT molecular complexity index is 976. The zero-order valence-electron chi connectivity index (χ0n) is 14.6. The topological polar surface area (TPSA) is 54.5 Å². The minimum Gasteiger partial charge on any atom is -0.313 e. The van der Waals surface area contributed by atoms with Crippen LogP contribution in [0, 0.1) is 0 Å². The number of anilines is 1. The molecule has 1 heterocycles. The molecule has 5 heteroatoms. The van der Waals surface area contributed by atoms with E-state index in [0.29, 0.717) is 16.3 Å². The van der Waals surface area contributed by atoms with Crippen molar-refractivity contribution in [3.8, 4) is 0 Å². The van der Waals surface area contributed by atoms with Crippen LogP contribution in [-0.4, -0.2) is 17.5 Å². The molecule has 0 saturated carbocycles. The fourth-order valence-electron chi connectivity index (χ4n) is 3.56. The second-order valence-electron chi connectivity index (χ2n) is 6.45. The highest BCUT2D eigenvalue weighted by atomic mass is 31.2. The number of hydrogen-bond acceptors (Lipinski definition) is 3. The van der Waals surface area contributed by atoms with E-state index < -0.39 is 18.7 Å². The molecule has 1 fully saturated rings. The fourth-order valence-corrected chi connectivity index (χ4v) is 6.64. The van der Waals surface area contributed by atoms with Crippen LogP contribution >= 0.6 is 7.14 Å². The standard InChI is InChI=1S/C22H18NO3P/c24-21-16-20(22(25)23(21)17-10-4-1-5-11-17)27(26,18-12-6-2-7-13-18)19-14-8-3-9-15-19/h1-15,20H,16H2. The first-order chi connectivity index (χ1) is 13.1. The van der Waals surface area contributed by atoms with E-state index in [1.807, 2.05) is 18.2 Å². The summed E-state index contributed by atoms with van der Waals surface area (Å²) in [6.45, 7) is 0. The van der Waals surface area contributed by atoms with Gasteiger partial charge in [0.25, 0.3) is 0 Å². The van der Waals surface area contributed by atoms with Gasteiger partial charge in [0.05, 0.1) is 5.69 Å². The van der Waals surface area contributed by atoms with Gasteiger partial charge in [-0.3, -0.25) is 9.59 Å². The van der Waals surface area contributed by atoms with Crippen molar-refractivity contribution in [2.75, 3.05) is 4.90 Å². The van der Waals surface area contributed by atoms with E-state index in [4.69, 9.17) is 0 Å². The minimum atomic E-state index is -3.34. The number of para-hydroxylation sites is 1. The Morgan fingerprint density at radius 1 is 0.704 bits per heavy atom. The molecule has 1 aliphatic rings. The number of rotatable bonds is 4. The smallest absolute Gasteiger partial charge is 0.245 e. The van der Waals surface area contributed by atoms with E-state index in [0.717, 1.165) is 0 Å². The first-order valence-corrected chi connectivity index (χ1v) is 10.5. The van der Waals surface area contributed by atoms with E-state index in [2.05, 4.69) is 0 Å². The number of carbonyl (C=O) groups is 2. The third-order valence-electron chi connectivity index (χ3n) is 4.86. The monoisotopic (exact) mass is 375 g/mol. The van der Waals surface area contributed by atoms with Crippen LogP contribution in [-0.2, 0) is 14.2 Å². The van der Waals surface area contributed by atoms with Gasteiger partial charge in [0.1, 0.15) is 5.66 Å². The summed E-state index contributed by atoms with van der Waals surface area (Å²) in [5, 5.41) is 1.19. The van der Waals surface area contributed by atoms with Crippen LogP contribution in [0.25, 0.3) is 0 Å². The Morgan fingerprint density at radius 3 is 1.63 bits per heavy atom. The molecule has 0 radical (unpaired) electrons. The van der Waals surface area contributed by atoms with Gasteiger partial charge >= 0.3 is 0 Å². The second-order valence-corrected chi connectivity index (χ2v) is 9.42. The largest absolute Gasteiger partial charge is 0.313 e. The minimum absolute atomic E-state index is 0.0607. The average molecular weight is 375 g/mol. The summed E-state index contributed by atoms with van der Waals surface area (Å²) in [6, 6.07) is 26.8. The van der Waals surface area contributed by atoms with Crippen molar-refractivity contribution in [3.05, 3.63) is 91.0 Å². The molecule has 27 heavy (non-hydrogen) atoms. The first kappa shape index (κ1) is 17.4. The van der Waals surface area contributed by atoms with Crippen LogP contribution in [0.5, 0.6) is 0 Å². The maximum atomic E-state index is 14.4. The second kappa shape index (κ2) is 6.98. The highest BCUT2D eigenvalue weighted by Crippen LogP contribution is 2.53. The Morgan fingerprint density at radius 2 is 1.15 bits per heavy atom.